The van der Waals surface area contributed by atoms with Crippen LogP contribution >= 0.6 is 0 Å². The fourth-order valence-corrected chi connectivity index (χ4v) is 3.69. The normalized spacial score (nSPS) is 10.8. The van der Waals surface area contributed by atoms with E-state index in [0.29, 0.717) is 19.6 Å². The summed E-state index contributed by atoms with van der Waals surface area (Å²) in [4.78, 5) is 16.3. The Kier molecular flexibility index (Phi) is 8.72. The Labute approximate surface area is 190 Å². The minimum absolute atomic E-state index is 0.0867. The topological polar surface area (TPSA) is 65.4 Å². The summed E-state index contributed by atoms with van der Waals surface area (Å²) in [7, 11) is 1.66. The lowest BCUT2D eigenvalue weighted by Gasteiger charge is -2.13. The molecule has 0 aliphatic rings. The van der Waals surface area contributed by atoms with Gasteiger partial charge in [0.05, 0.1) is 24.8 Å². The summed E-state index contributed by atoms with van der Waals surface area (Å²) >= 11 is 0. The monoisotopic (exact) mass is 435 g/mol. The average Bonchev–Trinajstić information content (AvgIpc) is 3.17. The molecule has 0 saturated carbocycles. The minimum Gasteiger partial charge on any atom is -0.493 e. The van der Waals surface area contributed by atoms with E-state index < -0.39 is 0 Å². The van der Waals surface area contributed by atoms with Crippen molar-refractivity contribution < 1.29 is 14.3 Å². The number of nitrogens with zero attached hydrogens (tertiary/aromatic N) is 2. The van der Waals surface area contributed by atoms with Gasteiger partial charge in [-0.2, -0.15) is 0 Å². The fourth-order valence-electron chi connectivity index (χ4n) is 3.69. The lowest BCUT2D eigenvalue weighted by Crippen LogP contribution is -2.23. The maximum Gasteiger partial charge on any atom is 0.219 e. The second kappa shape index (κ2) is 11.9. The number of nitrogens with one attached hydrogen (secondary N) is 1. The molecule has 0 unspecified atom stereocenters. The summed E-state index contributed by atoms with van der Waals surface area (Å²) in [6.45, 7) is 7.71. The SMILES string of the molecule is C=CCc1ccc(OCCCn2c(CCCNC(=O)CC)nc3ccccc32)c(OC)c1. The highest BCUT2D eigenvalue weighted by atomic mass is 16.5. The highest BCUT2D eigenvalue weighted by Gasteiger charge is 2.11. The number of fused-ring (bicyclic) bond motifs is 1. The number of ether oxygens (including phenoxy) is 2. The number of carbonyl (C=O) groups excluding carboxylic acids is 1. The van der Waals surface area contributed by atoms with Crippen LogP contribution in [0, 0.1) is 0 Å². The maximum absolute atomic E-state index is 11.5. The Morgan fingerprint density at radius 2 is 2.03 bits per heavy atom. The lowest BCUT2D eigenvalue weighted by molar-refractivity contribution is -0.120. The van der Waals surface area contributed by atoms with Gasteiger partial charge in [-0.3, -0.25) is 4.79 Å². The van der Waals surface area contributed by atoms with Gasteiger partial charge in [0, 0.05) is 25.9 Å². The number of aryl methyl sites for hydroxylation is 2. The average molecular weight is 436 g/mol. The Balaban J connectivity index is 1.60. The van der Waals surface area contributed by atoms with Crippen LogP contribution < -0.4 is 14.8 Å². The quantitative estimate of drug-likeness (QED) is 0.312. The van der Waals surface area contributed by atoms with Crippen molar-refractivity contribution in [3.8, 4) is 11.5 Å². The van der Waals surface area contributed by atoms with Crippen molar-refractivity contribution in [2.24, 2.45) is 0 Å². The van der Waals surface area contributed by atoms with E-state index in [0.717, 1.165) is 66.1 Å². The molecule has 6 nitrogen and oxygen atoms in total. The van der Waals surface area contributed by atoms with E-state index in [2.05, 4.69) is 22.5 Å². The summed E-state index contributed by atoms with van der Waals surface area (Å²) in [5.41, 5.74) is 3.28. The molecule has 0 saturated heterocycles. The number of para-hydroxylation sites is 2. The van der Waals surface area contributed by atoms with E-state index >= 15 is 0 Å². The summed E-state index contributed by atoms with van der Waals surface area (Å²) in [5.74, 6) is 2.63. The van der Waals surface area contributed by atoms with Gasteiger partial charge in [-0.15, -0.1) is 6.58 Å². The third-order valence-corrected chi connectivity index (χ3v) is 5.35. The highest BCUT2D eigenvalue weighted by molar-refractivity contribution is 5.76. The second-order valence-electron chi connectivity index (χ2n) is 7.66. The largest absolute Gasteiger partial charge is 0.493 e. The molecule has 0 radical (unpaired) electrons. The Hall–Kier alpha value is -3.28. The molecule has 0 atom stereocenters. The van der Waals surface area contributed by atoms with Crippen molar-refractivity contribution in [3.63, 3.8) is 0 Å². The number of hydrogen-bond donors (Lipinski definition) is 1. The van der Waals surface area contributed by atoms with Crippen molar-refractivity contribution in [3.05, 3.63) is 66.5 Å². The van der Waals surface area contributed by atoms with Crippen LogP contribution in [-0.2, 0) is 24.2 Å². The number of allylic oxidation sites excluding steroid dienone is 1. The zero-order valence-electron chi connectivity index (χ0n) is 19.1. The Morgan fingerprint density at radius 1 is 1.19 bits per heavy atom. The maximum atomic E-state index is 11.5. The number of carbonyl (C=O) groups is 1. The smallest absolute Gasteiger partial charge is 0.219 e. The van der Waals surface area contributed by atoms with Gasteiger partial charge in [0.1, 0.15) is 5.82 Å². The molecule has 0 aliphatic carbocycles. The Bertz CT molecular complexity index is 1040. The molecule has 170 valence electrons. The molecule has 1 aromatic heterocycles. The molecule has 2 aromatic carbocycles. The van der Waals surface area contributed by atoms with Gasteiger partial charge >= 0.3 is 0 Å². The van der Waals surface area contributed by atoms with Crippen molar-refractivity contribution in [2.45, 2.75) is 45.6 Å². The molecule has 0 bridgehead atoms. The number of imidazole rings is 1. The van der Waals surface area contributed by atoms with Crippen LogP contribution in [0.4, 0.5) is 0 Å². The number of hydrogen-bond acceptors (Lipinski definition) is 4. The first-order valence-corrected chi connectivity index (χ1v) is 11.3. The molecular weight excluding hydrogens is 402 g/mol. The summed E-state index contributed by atoms with van der Waals surface area (Å²) in [5, 5.41) is 2.94. The molecule has 0 aliphatic heterocycles. The fraction of sp³-hybridized carbons (Fsp3) is 0.385. The van der Waals surface area contributed by atoms with Crippen LogP contribution in [0.3, 0.4) is 0 Å². The predicted molar refractivity (Wildman–Crippen MR) is 128 cm³/mol. The van der Waals surface area contributed by atoms with Crippen LogP contribution in [0.5, 0.6) is 11.5 Å². The number of methoxy groups -OCH3 is 1. The van der Waals surface area contributed by atoms with Gasteiger partial charge in [-0.1, -0.05) is 31.2 Å². The predicted octanol–water partition coefficient (Wildman–Crippen LogP) is 4.70. The molecule has 1 amide bonds. The lowest BCUT2D eigenvalue weighted by atomic mass is 10.1. The molecule has 1 N–H and O–H groups in total. The van der Waals surface area contributed by atoms with Gasteiger partial charge in [0.15, 0.2) is 11.5 Å². The molecular formula is C26H33N3O3. The van der Waals surface area contributed by atoms with E-state index in [1.54, 1.807) is 7.11 Å². The van der Waals surface area contributed by atoms with E-state index in [9.17, 15) is 4.79 Å². The molecule has 0 spiro atoms. The first-order chi connectivity index (χ1) is 15.7. The molecule has 6 heteroatoms. The summed E-state index contributed by atoms with van der Waals surface area (Å²) in [6.07, 6.45) is 5.71. The van der Waals surface area contributed by atoms with Gasteiger partial charge < -0.3 is 19.4 Å². The van der Waals surface area contributed by atoms with Crippen LogP contribution in [0.2, 0.25) is 0 Å². The van der Waals surface area contributed by atoms with Crippen molar-refractivity contribution in [2.75, 3.05) is 20.3 Å². The zero-order valence-corrected chi connectivity index (χ0v) is 19.1. The van der Waals surface area contributed by atoms with Crippen molar-refractivity contribution in [1.82, 2.24) is 14.9 Å². The van der Waals surface area contributed by atoms with Crippen LogP contribution in [0.1, 0.15) is 37.6 Å². The zero-order chi connectivity index (χ0) is 22.8. The van der Waals surface area contributed by atoms with Crippen LogP contribution in [0.25, 0.3) is 11.0 Å². The third-order valence-electron chi connectivity index (χ3n) is 5.35. The van der Waals surface area contributed by atoms with E-state index in [-0.39, 0.29) is 5.91 Å². The van der Waals surface area contributed by atoms with Crippen LogP contribution in [0.15, 0.2) is 55.1 Å². The number of benzene rings is 2. The number of amides is 1. The van der Waals surface area contributed by atoms with E-state index in [4.69, 9.17) is 14.5 Å². The summed E-state index contributed by atoms with van der Waals surface area (Å²) < 4.78 is 13.8. The molecule has 0 fully saturated rings. The molecule has 1 heterocycles. The van der Waals surface area contributed by atoms with Gasteiger partial charge in [-0.25, -0.2) is 4.98 Å². The minimum atomic E-state index is 0.0867. The second-order valence-corrected chi connectivity index (χ2v) is 7.66. The molecule has 3 aromatic rings. The first-order valence-electron chi connectivity index (χ1n) is 11.3. The Morgan fingerprint density at radius 3 is 2.81 bits per heavy atom. The summed E-state index contributed by atoms with van der Waals surface area (Å²) in [6, 6.07) is 14.2. The molecule has 3 rings (SSSR count). The van der Waals surface area contributed by atoms with Crippen molar-refractivity contribution in [1.29, 1.82) is 0 Å². The van der Waals surface area contributed by atoms with Crippen LogP contribution in [-0.4, -0.2) is 35.7 Å². The van der Waals surface area contributed by atoms with Gasteiger partial charge in [-0.05, 0) is 49.1 Å². The number of rotatable bonds is 13. The standard InChI is InChI=1S/C26H33N3O3/c1-4-10-20-14-15-23(24(19-20)31-3)32-18-9-17-29-22-12-7-6-11-21(22)28-25(29)13-8-16-27-26(30)5-2/h4,6-7,11-12,14-15,19H,1,5,8-10,13,16-18H2,2-3H3,(H,27,30). The molecule has 32 heavy (non-hydrogen) atoms. The highest BCUT2D eigenvalue weighted by Crippen LogP contribution is 2.28. The third kappa shape index (κ3) is 6.13. The van der Waals surface area contributed by atoms with Crippen molar-refractivity contribution >= 4 is 16.9 Å². The van der Waals surface area contributed by atoms with E-state index in [1.165, 1.54) is 0 Å². The van der Waals surface area contributed by atoms with Gasteiger partial charge in [0.2, 0.25) is 5.91 Å². The van der Waals surface area contributed by atoms with E-state index in [1.807, 2.05) is 49.4 Å². The first kappa shape index (κ1) is 23.4. The number of aromatic nitrogens is 2. The van der Waals surface area contributed by atoms with Gasteiger partial charge in [0.25, 0.3) is 0 Å².